The fourth-order valence-corrected chi connectivity index (χ4v) is 3.81. The summed E-state index contributed by atoms with van der Waals surface area (Å²) in [4.78, 5) is 6.69. The monoisotopic (exact) mass is 328 g/mol. The minimum atomic E-state index is -3.31. The first-order valence-electron chi connectivity index (χ1n) is 6.48. The number of aromatic amines is 1. The first kappa shape index (κ1) is 14.6. The lowest BCUT2D eigenvalue weighted by Crippen LogP contribution is -2.39. The molecule has 1 aliphatic rings. The minimum Gasteiger partial charge on any atom is -0.378 e. The molecular formula is C12H16N4O3S2. The Balaban J connectivity index is 1.89. The second-order valence-corrected chi connectivity index (χ2v) is 7.66. The van der Waals surface area contributed by atoms with Gasteiger partial charge in [0.05, 0.1) is 42.4 Å². The van der Waals surface area contributed by atoms with Gasteiger partial charge in [-0.2, -0.15) is 5.10 Å². The van der Waals surface area contributed by atoms with Crippen molar-refractivity contribution < 1.29 is 13.2 Å². The summed E-state index contributed by atoms with van der Waals surface area (Å²) in [7, 11) is -3.31. The zero-order valence-corrected chi connectivity index (χ0v) is 13.2. The second-order valence-electron chi connectivity index (χ2n) is 4.96. The maximum atomic E-state index is 11.9. The number of nitrogens with zero attached hydrogens (tertiary/aromatic N) is 3. The summed E-state index contributed by atoms with van der Waals surface area (Å²) < 4.78 is 29.2. The number of hydrogen-bond donors (Lipinski definition) is 1. The molecule has 1 atom stereocenters. The average Bonchev–Trinajstić information content (AvgIpc) is 3.08. The van der Waals surface area contributed by atoms with Crippen molar-refractivity contribution in [2.45, 2.75) is 17.5 Å². The smallest absolute Gasteiger partial charge is 0.178 e. The number of H-pyrrole nitrogens is 1. The Labute approximate surface area is 126 Å². The molecule has 3 heterocycles. The molecule has 7 nitrogen and oxygen atoms in total. The van der Waals surface area contributed by atoms with Crippen LogP contribution in [0.1, 0.15) is 17.4 Å². The lowest BCUT2D eigenvalue weighted by molar-refractivity contribution is -0.0157. The van der Waals surface area contributed by atoms with Crippen molar-refractivity contribution in [3.05, 3.63) is 28.5 Å². The van der Waals surface area contributed by atoms with Crippen LogP contribution in [0.4, 0.5) is 0 Å². The Morgan fingerprint density at radius 1 is 1.57 bits per heavy atom. The first-order chi connectivity index (χ1) is 10.1. The van der Waals surface area contributed by atoms with Gasteiger partial charge in [0.15, 0.2) is 9.84 Å². The number of nitrogens with one attached hydrogen (secondary N) is 1. The third-order valence-electron chi connectivity index (χ3n) is 3.45. The van der Waals surface area contributed by atoms with Crippen molar-refractivity contribution in [3.63, 3.8) is 0 Å². The lowest BCUT2D eigenvalue weighted by Gasteiger charge is -2.34. The third kappa shape index (κ3) is 3.15. The molecule has 1 unspecified atom stereocenters. The number of thiazole rings is 1. The predicted molar refractivity (Wildman–Crippen MR) is 77.8 cm³/mol. The van der Waals surface area contributed by atoms with Gasteiger partial charge in [-0.15, -0.1) is 11.3 Å². The maximum Gasteiger partial charge on any atom is 0.178 e. The van der Waals surface area contributed by atoms with Gasteiger partial charge in [0.25, 0.3) is 0 Å². The van der Waals surface area contributed by atoms with Crippen molar-refractivity contribution in [2.75, 3.05) is 26.0 Å². The van der Waals surface area contributed by atoms with E-state index in [0.29, 0.717) is 25.5 Å². The van der Waals surface area contributed by atoms with Crippen molar-refractivity contribution in [1.29, 1.82) is 0 Å². The zero-order chi connectivity index (χ0) is 14.9. The van der Waals surface area contributed by atoms with Gasteiger partial charge in [0.2, 0.25) is 0 Å². The van der Waals surface area contributed by atoms with E-state index in [1.807, 2.05) is 5.38 Å². The Bertz CT molecular complexity index is 696. The highest BCUT2D eigenvalue weighted by atomic mass is 32.2. The lowest BCUT2D eigenvalue weighted by atomic mass is 10.1. The fourth-order valence-electron chi connectivity index (χ4n) is 2.44. The Morgan fingerprint density at radius 2 is 2.43 bits per heavy atom. The van der Waals surface area contributed by atoms with E-state index in [1.54, 1.807) is 16.8 Å². The van der Waals surface area contributed by atoms with Crippen molar-refractivity contribution in [3.8, 4) is 0 Å². The van der Waals surface area contributed by atoms with Gasteiger partial charge in [-0.25, -0.2) is 13.4 Å². The van der Waals surface area contributed by atoms with E-state index >= 15 is 0 Å². The number of aromatic nitrogens is 3. The highest BCUT2D eigenvalue weighted by Gasteiger charge is 2.30. The van der Waals surface area contributed by atoms with Gasteiger partial charge >= 0.3 is 0 Å². The quantitative estimate of drug-likeness (QED) is 0.895. The minimum absolute atomic E-state index is 0.160. The van der Waals surface area contributed by atoms with Gasteiger partial charge in [-0.3, -0.25) is 10.00 Å². The van der Waals surface area contributed by atoms with Crippen LogP contribution in [0.15, 0.2) is 22.0 Å². The molecule has 0 radical (unpaired) electrons. The number of morpholine rings is 1. The van der Waals surface area contributed by atoms with Gasteiger partial charge < -0.3 is 4.74 Å². The molecule has 1 N–H and O–H groups in total. The van der Waals surface area contributed by atoms with Crippen LogP contribution in [0.3, 0.4) is 0 Å². The summed E-state index contributed by atoms with van der Waals surface area (Å²) >= 11 is 1.55. The molecule has 3 rings (SSSR count). The van der Waals surface area contributed by atoms with Crippen LogP contribution in [0.2, 0.25) is 0 Å². The Morgan fingerprint density at radius 3 is 3.14 bits per heavy atom. The molecule has 0 saturated carbocycles. The summed E-state index contributed by atoms with van der Waals surface area (Å²) in [5.41, 5.74) is 3.36. The van der Waals surface area contributed by atoms with E-state index in [0.717, 1.165) is 12.2 Å². The van der Waals surface area contributed by atoms with Crippen LogP contribution in [0.25, 0.3) is 0 Å². The Hall–Kier alpha value is -1.29. The molecular weight excluding hydrogens is 312 g/mol. The normalized spacial score (nSPS) is 20.7. The highest BCUT2D eigenvalue weighted by molar-refractivity contribution is 7.90. The van der Waals surface area contributed by atoms with E-state index in [4.69, 9.17) is 4.74 Å². The number of sulfone groups is 1. The topological polar surface area (TPSA) is 88.2 Å². The van der Waals surface area contributed by atoms with Gasteiger partial charge in [0.1, 0.15) is 4.90 Å². The predicted octanol–water partition coefficient (Wildman–Crippen LogP) is 0.843. The summed E-state index contributed by atoms with van der Waals surface area (Å²) in [5, 5.41) is 8.72. The van der Waals surface area contributed by atoms with Gasteiger partial charge in [-0.05, 0) is 0 Å². The van der Waals surface area contributed by atoms with E-state index in [1.165, 1.54) is 12.5 Å². The standard InChI is InChI=1S/C12H16N4O3S2/c1-21(17,18)11-4-14-15-12(11)10-6-19-3-2-16(10)5-9-7-20-8-13-9/h4,7-8,10H,2-3,5-6H2,1H3,(H,14,15). The summed E-state index contributed by atoms with van der Waals surface area (Å²) in [6, 6.07) is -0.160. The second kappa shape index (κ2) is 5.84. The molecule has 0 amide bonds. The molecule has 2 aromatic heterocycles. The van der Waals surface area contributed by atoms with Crippen LogP contribution < -0.4 is 0 Å². The largest absolute Gasteiger partial charge is 0.378 e. The number of rotatable bonds is 4. The first-order valence-corrected chi connectivity index (χ1v) is 9.31. The molecule has 0 spiro atoms. The van der Waals surface area contributed by atoms with E-state index in [9.17, 15) is 8.42 Å². The molecule has 0 aliphatic carbocycles. The molecule has 114 valence electrons. The van der Waals surface area contributed by atoms with Crippen molar-refractivity contribution in [1.82, 2.24) is 20.1 Å². The number of hydrogen-bond acceptors (Lipinski definition) is 7. The molecule has 1 fully saturated rings. The molecule has 0 bridgehead atoms. The van der Waals surface area contributed by atoms with E-state index in [-0.39, 0.29) is 10.9 Å². The fraction of sp³-hybridized carbons (Fsp3) is 0.500. The SMILES string of the molecule is CS(=O)(=O)c1cn[nH]c1C1COCCN1Cc1cscn1. The van der Waals surface area contributed by atoms with Crippen LogP contribution in [-0.2, 0) is 21.1 Å². The van der Waals surface area contributed by atoms with E-state index in [2.05, 4.69) is 20.1 Å². The number of ether oxygens (including phenoxy) is 1. The van der Waals surface area contributed by atoms with Gasteiger partial charge in [-0.1, -0.05) is 0 Å². The summed E-state index contributed by atoms with van der Waals surface area (Å²) in [6.45, 7) is 2.46. The molecule has 0 aromatic carbocycles. The molecule has 1 saturated heterocycles. The molecule has 21 heavy (non-hydrogen) atoms. The van der Waals surface area contributed by atoms with Crippen molar-refractivity contribution >= 4 is 21.2 Å². The van der Waals surface area contributed by atoms with E-state index < -0.39 is 9.84 Å². The molecule has 9 heteroatoms. The molecule has 1 aliphatic heterocycles. The average molecular weight is 328 g/mol. The van der Waals surface area contributed by atoms with Crippen LogP contribution >= 0.6 is 11.3 Å². The van der Waals surface area contributed by atoms with Crippen LogP contribution in [0, 0.1) is 0 Å². The van der Waals surface area contributed by atoms with Crippen LogP contribution in [-0.4, -0.2) is 54.5 Å². The zero-order valence-electron chi connectivity index (χ0n) is 11.5. The van der Waals surface area contributed by atoms with Crippen LogP contribution in [0.5, 0.6) is 0 Å². The third-order valence-corrected chi connectivity index (χ3v) is 5.21. The highest BCUT2D eigenvalue weighted by Crippen LogP contribution is 2.28. The maximum absolute atomic E-state index is 11.9. The Kier molecular flexibility index (Phi) is 4.07. The summed E-state index contributed by atoms with van der Waals surface area (Å²) in [5.74, 6) is 0. The van der Waals surface area contributed by atoms with Crippen molar-refractivity contribution in [2.24, 2.45) is 0 Å². The molecule has 2 aromatic rings. The summed E-state index contributed by atoms with van der Waals surface area (Å²) in [6.07, 6.45) is 2.55. The van der Waals surface area contributed by atoms with Gasteiger partial charge in [0, 0.05) is 24.7 Å².